The molecular formula is C9H15N5O. The highest BCUT2D eigenvalue weighted by molar-refractivity contribution is 5.88. The minimum absolute atomic E-state index is 0.468. The largest absolute Gasteiger partial charge is 0.365 e. The molecule has 1 atom stereocenters. The maximum absolute atomic E-state index is 11.5. The highest BCUT2D eigenvalue weighted by Crippen LogP contribution is 2.16. The number of piperazine rings is 1. The first-order valence-corrected chi connectivity index (χ1v) is 4.99. The van der Waals surface area contributed by atoms with Crippen LogP contribution >= 0.6 is 0 Å². The first-order valence-electron chi connectivity index (χ1n) is 4.99. The van der Waals surface area contributed by atoms with Crippen molar-refractivity contribution in [1.82, 2.24) is 15.5 Å². The molecule has 1 amide bonds. The van der Waals surface area contributed by atoms with E-state index in [0.29, 0.717) is 0 Å². The van der Waals surface area contributed by atoms with Crippen LogP contribution in [0.4, 0.5) is 0 Å². The standard InChI is InChI=1S/C9H15N5O/c10-8(15)9(12-2-1-3-13-9)14-6-4-11-5-7-14/h1-3,11-12H,4-7H2,(H2,10,15). The molecule has 6 nitrogen and oxygen atoms in total. The molecule has 2 rings (SSSR count). The van der Waals surface area contributed by atoms with Gasteiger partial charge in [0.25, 0.3) is 11.7 Å². The summed E-state index contributed by atoms with van der Waals surface area (Å²) >= 11 is 0. The lowest BCUT2D eigenvalue weighted by atomic mass is 10.2. The average molecular weight is 209 g/mol. The van der Waals surface area contributed by atoms with Crippen LogP contribution in [0.25, 0.3) is 0 Å². The Morgan fingerprint density at radius 3 is 2.73 bits per heavy atom. The summed E-state index contributed by atoms with van der Waals surface area (Å²) in [5.41, 5.74) is 5.42. The minimum Gasteiger partial charge on any atom is -0.365 e. The first-order chi connectivity index (χ1) is 7.26. The van der Waals surface area contributed by atoms with Crippen molar-refractivity contribution < 1.29 is 4.79 Å². The van der Waals surface area contributed by atoms with E-state index in [1.807, 2.05) is 4.90 Å². The number of rotatable bonds is 2. The number of aliphatic imine (C=N–C) groups is 1. The van der Waals surface area contributed by atoms with Crippen LogP contribution < -0.4 is 16.4 Å². The average Bonchev–Trinajstić information content (AvgIpc) is 2.31. The van der Waals surface area contributed by atoms with Crippen LogP contribution in [0, 0.1) is 0 Å². The quantitative estimate of drug-likeness (QED) is 0.502. The number of primary amides is 1. The van der Waals surface area contributed by atoms with Gasteiger partial charge in [-0.25, -0.2) is 4.99 Å². The summed E-state index contributed by atoms with van der Waals surface area (Å²) in [5.74, 6) is -1.55. The molecule has 1 fully saturated rings. The van der Waals surface area contributed by atoms with Gasteiger partial charge in [0.05, 0.1) is 0 Å². The Hall–Kier alpha value is -1.40. The molecule has 0 radical (unpaired) electrons. The van der Waals surface area contributed by atoms with Crippen molar-refractivity contribution in [2.75, 3.05) is 26.2 Å². The molecule has 15 heavy (non-hydrogen) atoms. The second-order valence-electron chi connectivity index (χ2n) is 3.56. The summed E-state index contributed by atoms with van der Waals surface area (Å²) < 4.78 is 0. The molecule has 1 unspecified atom stereocenters. The third-order valence-corrected chi connectivity index (χ3v) is 2.65. The highest BCUT2D eigenvalue weighted by atomic mass is 16.2. The second-order valence-corrected chi connectivity index (χ2v) is 3.56. The monoisotopic (exact) mass is 209 g/mol. The lowest BCUT2D eigenvalue weighted by Crippen LogP contribution is -2.67. The molecule has 82 valence electrons. The molecule has 2 aliphatic heterocycles. The van der Waals surface area contributed by atoms with Gasteiger partial charge in [-0.05, 0) is 6.08 Å². The number of nitrogens with one attached hydrogen (secondary N) is 2. The van der Waals surface area contributed by atoms with Gasteiger partial charge < -0.3 is 16.4 Å². The predicted molar refractivity (Wildman–Crippen MR) is 57.1 cm³/mol. The van der Waals surface area contributed by atoms with Crippen molar-refractivity contribution in [3.63, 3.8) is 0 Å². The van der Waals surface area contributed by atoms with Crippen molar-refractivity contribution in [1.29, 1.82) is 0 Å². The normalized spacial score (nSPS) is 31.2. The molecule has 2 aliphatic rings. The van der Waals surface area contributed by atoms with Gasteiger partial charge in [0.2, 0.25) is 0 Å². The van der Waals surface area contributed by atoms with Crippen molar-refractivity contribution >= 4 is 12.1 Å². The second kappa shape index (κ2) is 4.00. The molecule has 0 saturated carbocycles. The van der Waals surface area contributed by atoms with Crippen LogP contribution in [-0.4, -0.2) is 49.0 Å². The van der Waals surface area contributed by atoms with E-state index in [0.717, 1.165) is 26.2 Å². The Morgan fingerprint density at radius 2 is 2.20 bits per heavy atom. The molecule has 4 N–H and O–H groups in total. The smallest absolute Gasteiger partial charge is 0.282 e. The Labute approximate surface area is 88.2 Å². The number of carbonyl (C=O) groups excluding carboxylic acids is 1. The number of hydrogen-bond donors (Lipinski definition) is 3. The Bertz CT molecular complexity index is 308. The molecule has 1 saturated heterocycles. The molecule has 0 aromatic heterocycles. The summed E-state index contributed by atoms with van der Waals surface area (Å²) in [4.78, 5) is 17.7. The number of nitrogens with two attached hydrogens (primary N) is 1. The number of carbonyl (C=O) groups is 1. The Kier molecular flexibility index (Phi) is 2.70. The summed E-state index contributed by atoms with van der Waals surface area (Å²) in [6, 6.07) is 0. The fourth-order valence-corrected chi connectivity index (χ4v) is 1.85. The lowest BCUT2D eigenvalue weighted by molar-refractivity contribution is -0.132. The maximum atomic E-state index is 11.5. The third kappa shape index (κ3) is 1.73. The van der Waals surface area contributed by atoms with Gasteiger partial charge in [0, 0.05) is 38.6 Å². The van der Waals surface area contributed by atoms with Gasteiger partial charge in [-0.3, -0.25) is 9.69 Å². The van der Waals surface area contributed by atoms with Crippen LogP contribution in [-0.2, 0) is 4.79 Å². The SMILES string of the molecule is NC(=O)C1(N2CCNCC2)N=CC=CN1. The van der Waals surface area contributed by atoms with E-state index in [9.17, 15) is 4.79 Å². The number of hydrogen-bond acceptors (Lipinski definition) is 5. The lowest BCUT2D eigenvalue weighted by Gasteiger charge is -2.41. The molecule has 0 aromatic rings. The van der Waals surface area contributed by atoms with Crippen LogP contribution in [0.1, 0.15) is 0 Å². The molecule has 0 bridgehead atoms. The van der Waals surface area contributed by atoms with Crippen LogP contribution in [0.15, 0.2) is 17.3 Å². The van der Waals surface area contributed by atoms with E-state index in [1.54, 1.807) is 18.5 Å². The van der Waals surface area contributed by atoms with Crippen LogP contribution in [0.2, 0.25) is 0 Å². The number of nitrogens with zero attached hydrogens (tertiary/aromatic N) is 2. The summed E-state index contributed by atoms with van der Waals surface area (Å²) in [5, 5.41) is 6.17. The predicted octanol–water partition coefficient (Wildman–Crippen LogP) is -1.78. The van der Waals surface area contributed by atoms with E-state index in [4.69, 9.17) is 5.73 Å². The fourth-order valence-electron chi connectivity index (χ4n) is 1.85. The van der Waals surface area contributed by atoms with Crippen molar-refractivity contribution in [3.05, 3.63) is 12.3 Å². The summed E-state index contributed by atoms with van der Waals surface area (Å²) in [6.07, 6.45) is 5.03. The molecule has 6 heteroatoms. The van der Waals surface area contributed by atoms with Gasteiger partial charge in [0.1, 0.15) is 0 Å². The molecule has 0 aliphatic carbocycles. The van der Waals surface area contributed by atoms with E-state index in [1.165, 1.54) is 0 Å². The third-order valence-electron chi connectivity index (χ3n) is 2.65. The summed E-state index contributed by atoms with van der Waals surface area (Å²) in [6.45, 7) is 3.19. The molecule has 0 spiro atoms. The topological polar surface area (TPSA) is 82.8 Å². The van der Waals surface area contributed by atoms with Crippen LogP contribution in [0.3, 0.4) is 0 Å². The van der Waals surface area contributed by atoms with Gasteiger partial charge in [-0.1, -0.05) is 0 Å². The van der Waals surface area contributed by atoms with E-state index in [2.05, 4.69) is 15.6 Å². The minimum atomic E-state index is -1.09. The van der Waals surface area contributed by atoms with Gasteiger partial charge in [-0.15, -0.1) is 0 Å². The summed E-state index contributed by atoms with van der Waals surface area (Å²) in [7, 11) is 0. The zero-order chi connectivity index (χ0) is 10.7. The number of amides is 1. The Morgan fingerprint density at radius 1 is 1.47 bits per heavy atom. The number of allylic oxidation sites excluding steroid dienone is 1. The van der Waals surface area contributed by atoms with E-state index in [-0.39, 0.29) is 0 Å². The fraction of sp³-hybridized carbons (Fsp3) is 0.556. The Balaban J connectivity index is 2.21. The zero-order valence-corrected chi connectivity index (χ0v) is 8.44. The van der Waals surface area contributed by atoms with Gasteiger partial charge in [0.15, 0.2) is 0 Å². The van der Waals surface area contributed by atoms with Crippen LogP contribution in [0.5, 0.6) is 0 Å². The maximum Gasteiger partial charge on any atom is 0.282 e. The van der Waals surface area contributed by atoms with Gasteiger partial charge in [-0.2, -0.15) is 0 Å². The van der Waals surface area contributed by atoms with Crippen molar-refractivity contribution in [2.24, 2.45) is 10.7 Å². The van der Waals surface area contributed by atoms with Gasteiger partial charge >= 0.3 is 0 Å². The van der Waals surface area contributed by atoms with E-state index >= 15 is 0 Å². The van der Waals surface area contributed by atoms with Crippen molar-refractivity contribution in [2.45, 2.75) is 5.79 Å². The molecule has 0 aromatic carbocycles. The zero-order valence-electron chi connectivity index (χ0n) is 8.44. The molecular weight excluding hydrogens is 194 g/mol. The highest BCUT2D eigenvalue weighted by Gasteiger charge is 2.42. The van der Waals surface area contributed by atoms with Crippen molar-refractivity contribution in [3.8, 4) is 0 Å². The van der Waals surface area contributed by atoms with E-state index < -0.39 is 11.7 Å². The molecule has 2 heterocycles. The first kappa shape index (κ1) is 10.1.